The molecule has 7 nitrogen and oxygen atoms in total. The molecule has 32 heavy (non-hydrogen) atoms. The number of hydrogen-bond acceptors (Lipinski definition) is 6. The topological polar surface area (TPSA) is 96.7 Å². The van der Waals surface area contributed by atoms with Crippen LogP contribution in [0.4, 0.5) is 0 Å². The second-order valence-corrected chi connectivity index (χ2v) is 10.0. The van der Waals surface area contributed by atoms with Gasteiger partial charge in [0.15, 0.2) is 11.5 Å². The lowest BCUT2D eigenvalue weighted by Crippen LogP contribution is -2.41. The molecule has 0 spiro atoms. The predicted molar refractivity (Wildman–Crippen MR) is 120 cm³/mol. The number of sulfonamides is 1. The average molecular weight is 477 g/mol. The first-order chi connectivity index (χ1) is 15.2. The van der Waals surface area contributed by atoms with Crippen molar-refractivity contribution in [2.45, 2.75) is 38.5 Å². The van der Waals surface area contributed by atoms with Crippen LogP contribution < -0.4 is 9.47 Å². The number of piperidine rings is 1. The number of nitrogens with zero attached hydrogens (tertiary/aromatic N) is 2. The molecule has 0 N–H and O–H groups in total. The molecular formula is C23H25ClN2O5S. The fourth-order valence-electron chi connectivity index (χ4n) is 3.74. The molecule has 0 aliphatic carbocycles. The van der Waals surface area contributed by atoms with E-state index in [9.17, 15) is 13.2 Å². The van der Waals surface area contributed by atoms with Crippen molar-refractivity contribution in [3.8, 4) is 17.6 Å². The molecule has 3 rings (SSSR count). The summed E-state index contributed by atoms with van der Waals surface area (Å²) in [4.78, 5) is 13.1. The maximum absolute atomic E-state index is 13.1. The number of esters is 1. The number of rotatable bonds is 6. The third-order valence-electron chi connectivity index (χ3n) is 5.38. The van der Waals surface area contributed by atoms with Crippen LogP contribution in [0.3, 0.4) is 0 Å². The van der Waals surface area contributed by atoms with Crippen molar-refractivity contribution in [3.05, 3.63) is 52.0 Å². The molecule has 1 saturated heterocycles. The highest BCUT2D eigenvalue weighted by atomic mass is 35.5. The van der Waals surface area contributed by atoms with E-state index in [4.69, 9.17) is 26.3 Å². The molecule has 170 valence electrons. The van der Waals surface area contributed by atoms with E-state index in [2.05, 4.69) is 0 Å². The highest BCUT2D eigenvalue weighted by Crippen LogP contribution is 2.38. The second-order valence-electron chi connectivity index (χ2n) is 7.70. The summed E-state index contributed by atoms with van der Waals surface area (Å²) in [5.41, 5.74) is 1.99. The quantitative estimate of drug-likeness (QED) is 0.457. The van der Waals surface area contributed by atoms with Gasteiger partial charge in [-0.2, -0.15) is 9.57 Å². The molecule has 1 aliphatic heterocycles. The van der Waals surface area contributed by atoms with Gasteiger partial charge in [-0.25, -0.2) is 8.42 Å². The molecule has 1 aliphatic rings. The summed E-state index contributed by atoms with van der Waals surface area (Å²) < 4.78 is 38.5. The third-order valence-corrected chi connectivity index (χ3v) is 7.72. The molecule has 1 heterocycles. The minimum atomic E-state index is -3.64. The first kappa shape index (κ1) is 24.1. The predicted octanol–water partition coefficient (Wildman–Crippen LogP) is 4.23. The summed E-state index contributed by atoms with van der Waals surface area (Å²) in [6.07, 6.45) is 0.668. The largest absolute Gasteiger partial charge is 0.490 e. The van der Waals surface area contributed by atoms with E-state index in [0.29, 0.717) is 30.6 Å². The van der Waals surface area contributed by atoms with Crippen molar-refractivity contribution in [2.24, 2.45) is 5.92 Å². The number of halogens is 1. The van der Waals surface area contributed by atoms with Gasteiger partial charge in [-0.1, -0.05) is 29.3 Å². The molecule has 0 unspecified atom stereocenters. The van der Waals surface area contributed by atoms with Crippen LogP contribution in [0.15, 0.2) is 35.2 Å². The summed E-state index contributed by atoms with van der Waals surface area (Å²) in [6.45, 7) is 6.21. The first-order valence-electron chi connectivity index (χ1n) is 10.3. The van der Waals surface area contributed by atoms with E-state index in [1.807, 2.05) is 19.1 Å². The Hall–Kier alpha value is -2.60. The van der Waals surface area contributed by atoms with Crippen LogP contribution in [0, 0.1) is 31.1 Å². The molecule has 1 fully saturated rings. The molecule has 2 aromatic rings. The van der Waals surface area contributed by atoms with Crippen LogP contribution in [0.2, 0.25) is 5.02 Å². The Bertz CT molecular complexity index is 1170. The summed E-state index contributed by atoms with van der Waals surface area (Å²) in [5.74, 6) is -0.675. The van der Waals surface area contributed by atoms with Gasteiger partial charge in [0.05, 0.1) is 34.1 Å². The number of nitriles is 1. The minimum Gasteiger partial charge on any atom is -0.490 e. The normalized spacial score (nSPS) is 15.2. The van der Waals surface area contributed by atoms with Gasteiger partial charge in [0.25, 0.3) is 0 Å². The van der Waals surface area contributed by atoms with Crippen LogP contribution in [0.1, 0.15) is 36.5 Å². The van der Waals surface area contributed by atoms with Gasteiger partial charge in [0.1, 0.15) is 0 Å². The molecule has 0 radical (unpaired) electrons. The van der Waals surface area contributed by atoms with Crippen LogP contribution in [-0.4, -0.2) is 38.4 Å². The number of aryl methyl sites for hydroxylation is 2. The van der Waals surface area contributed by atoms with Crippen molar-refractivity contribution in [1.29, 1.82) is 5.26 Å². The van der Waals surface area contributed by atoms with E-state index in [1.165, 1.54) is 16.4 Å². The van der Waals surface area contributed by atoms with Crippen molar-refractivity contribution in [2.75, 3.05) is 19.7 Å². The Morgan fingerprint density at radius 2 is 1.91 bits per heavy atom. The van der Waals surface area contributed by atoms with Gasteiger partial charge in [0.2, 0.25) is 10.0 Å². The SMILES string of the molecule is CCOc1cc(C#N)cc(Cl)c1OC(=O)C1CCN(S(=O)(=O)c2ccc(C)cc2C)CC1. The molecule has 0 amide bonds. The lowest BCUT2D eigenvalue weighted by Gasteiger charge is -2.30. The Morgan fingerprint density at radius 3 is 2.50 bits per heavy atom. The summed E-state index contributed by atoms with van der Waals surface area (Å²) >= 11 is 6.21. The van der Waals surface area contributed by atoms with Crippen LogP contribution >= 0.6 is 11.6 Å². The van der Waals surface area contributed by atoms with Crippen molar-refractivity contribution >= 4 is 27.6 Å². The molecular weight excluding hydrogens is 452 g/mol. The molecule has 9 heteroatoms. The van der Waals surface area contributed by atoms with E-state index in [1.54, 1.807) is 26.0 Å². The number of benzene rings is 2. The highest BCUT2D eigenvalue weighted by molar-refractivity contribution is 7.89. The lowest BCUT2D eigenvalue weighted by molar-refractivity contribution is -0.140. The van der Waals surface area contributed by atoms with Crippen LogP contribution in [-0.2, 0) is 14.8 Å². The Balaban J connectivity index is 1.71. The van der Waals surface area contributed by atoms with Gasteiger partial charge in [-0.05, 0) is 51.3 Å². The summed E-state index contributed by atoms with van der Waals surface area (Å²) in [7, 11) is -3.64. The van der Waals surface area contributed by atoms with Gasteiger partial charge < -0.3 is 9.47 Å². The monoisotopic (exact) mass is 476 g/mol. The van der Waals surface area contributed by atoms with E-state index >= 15 is 0 Å². The Morgan fingerprint density at radius 1 is 1.22 bits per heavy atom. The van der Waals surface area contributed by atoms with Gasteiger partial charge in [-0.3, -0.25) is 4.79 Å². The van der Waals surface area contributed by atoms with E-state index in [-0.39, 0.29) is 34.5 Å². The summed E-state index contributed by atoms with van der Waals surface area (Å²) in [5, 5.41) is 9.22. The first-order valence-corrected chi connectivity index (χ1v) is 12.1. The smallest absolute Gasteiger partial charge is 0.314 e. The number of hydrogen-bond donors (Lipinski definition) is 0. The number of carbonyl (C=O) groups is 1. The molecule has 2 aromatic carbocycles. The average Bonchev–Trinajstić information content (AvgIpc) is 2.75. The van der Waals surface area contributed by atoms with Crippen LogP contribution in [0.5, 0.6) is 11.5 Å². The fraction of sp³-hybridized carbons (Fsp3) is 0.391. The van der Waals surface area contributed by atoms with Gasteiger partial charge in [-0.15, -0.1) is 0 Å². The Kier molecular flexibility index (Phi) is 7.44. The zero-order chi connectivity index (χ0) is 23.5. The molecule has 0 bridgehead atoms. The maximum Gasteiger partial charge on any atom is 0.314 e. The van der Waals surface area contributed by atoms with Crippen molar-refractivity contribution in [3.63, 3.8) is 0 Å². The second kappa shape index (κ2) is 9.90. The maximum atomic E-state index is 13.1. The molecule has 0 aromatic heterocycles. The standard InChI is InChI=1S/C23H25ClN2O5S/c1-4-30-20-13-17(14-25)12-19(24)22(20)31-23(27)18-7-9-26(10-8-18)32(28,29)21-6-5-15(2)11-16(21)3/h5-6,11-13,18H,4,7-10H2,1-3H3. The van der Waals surface area contributed by atoms with E-state index in [0.717, 1.165) is 5.56 Å². The Labute approximate surface area is 193 Å². The highest BCUT2D eigenvalue weighted by Gasteiger charge is 2.34. The van der Waals surface area contributed by atoms with Crippen molar-refractivity contribution in [1.82, 2.24) is 4.31 Å². The lowest BCUT2D eigenvalue weighted by atomic mass is 9.98. The van der Waals surface area contributed by atoms with Crippen LogP contribution in [0.25, 0.3) is 0 Å². The number of ether oxygens (including phenoxy) is 2. The van der Waals surface area contributed by atoms with Gasteiger partial charge >= 0.3 is 5.97 Å². The zero-order valence-corrected chi connectivity index (χ0v) is 19.8. The van der Waals surface area contributed by atoms with E-state index < -0.39 is 21.9 Å². The third kappa shape index (κ3) is 5.07. The fourth-order valence-corrected chi connectivity index (χ4v) is 5.66. The molecule has 0 atom stereocenters. The summed E-state index contributed by atoms with van der Waals surface area (Å²) in [6, 6.07) is 10.1. The minimum absolute atomic E-state index is 0.0721. The van der Waals surface area contributed by atoms with Gasteiger partial charge in [0, 0.05) is 19.2 Å². The molecule has 0 saturated carbocycles. The zero-order valence-electron chi connectivity index (χ0n) is 18.2. The number of carbonyl (C=O) groups excluding carboxylic acids is 1. The van der Waals surface area contributed by atoms with Crippen molar-refractivity contribution < 1.29 is 22.7 Å².